The molecular formula is C44H40BN3. The van der Waals surface area contributed by atoms with Gasteiger partial charge >= 0.3 is 0 Å². The number of fused-ring (bicyclic) bond motifs is 1. The summed E-state index contributed by atoms with van der Waals surface area (Å²) in [7, 11) is 0. The van der Waals surface area contributed by atoms with E-state index in [0.717, 1.165) is 28.3 Å². The topological polar surface area (TPSA) is 29.0 Å². The molecule has 7 aromatic rings. The van der Waals surface area contributed by atoms with Crippen LogP contribution in [-0.2, 0) is 0 Å². The summed E-state index contributed by atoms with van der Waals surface area (Å²) in [5.74, 6) is 0.768. The largest absolute Gasteiger partial charge is 0.293 e. The fourth-order valence-electron chi connectivity index (χ4n) is 7.65. The number of aromatic nitrogens is 2. The van der Waals surface area contributed by atoms with Crippen molar-refractivity contribution in [3.63, 3.8) is 0 Å². The Morgan fingerprint density at radius 1 is 0.542 bits per heavy atom. The third-order valence-electron chi connectivity index (χ3n) is 9.51. The first-order valence-corrected chi connectivity index (χ1v) is 16.7. The Labute approximate surface area is 285 Å². The molecule has 6 aromatic carbocycles. The summed E-state index contributed by atoms with van der Waals surface area (Å²) < 4.78 is 0. The average molecular weight is 622 g/mol. The second-order valence-corrected chi connectivity index (χ2v) is 13.1. The molecule has 0 radical (unpaired) electrons. The van der Waals surface area contributed by atoms with Gasteiger partial charge in [0.05, 0.1) is 11.9 Å². The van der Waals surface area contributed by atoms with Crippen molar-refractivity contribution in [1.29, 1.82) is 0 Å². The van der Waals surface area contributed by atoms with Crippen molar-refractivity contribution in [2.45, 2.75) is 41.5 Å². The summed E-state index contributed by atoms with van der Waals surface area (Å²) in [6.07, 6.45) is 5.34. The molecular weight excluding hydrogens is 581 g/mol. The molecule has 48 heavy (non-hydrogen) atoms. The van der Waals surface area contributed by atoms with Crippen molar-refractivity contribution in [2.75, 3.05) is 4.90 Å². The smallest absolute Gasteiger partial charge is 0.242 e. The third kappa shape index (κ3) is 5.91. The Hall–Kier alpha value is -5.48. The number of benzene rings is 6. The standard InChI is InChI=1S/C44H40BN3/c1-29-22-31(3)43(32(4)23-29)45(44-33(5)24-30(2)25-34(44)6)38-16-18-39(19-17-38)48(42-28-46-20-21-47-42)41-27-37-15-11-10-14-36(37)26-40(41)35-12-8-7-9-13-35/h7-28H,1-6H3. The summed E-state index contributed by atoms with van der Waals surface area (Å²) >= 11 is 0. The molecule has 0 saturated carbocycles. The molecule has 1 heterocycles. The highest BCUT2D eigenvalue weighted by molar-refractivity contribution is 6.96. The Kier molecular flexibility index (Phi) is 8.41. The van der Waals surface area contributed by atoms with E-state index in [4.69, 9.17) is 4.98 Å². The predicted molar refractivity (Wildman–Crippen MR) is 206 cm³/mol. The quantitative estimate of drug-likeness (QED) is 0.166. The summed E-state index contributed by atoms with van der Waals surface area (Å²) in [4.78, 5) is 11.6. The van der Waals surface area contributed by atoms with Crippen LogP contribution in [0.15, 0.2) is 134 Å². The van der Waals surface area contributed by atoms with Crippen LogP contribution in [0.1, 0.15) is 33.4 Å². The molecule has 0 spiro atoms. The maximum atomic E-state index is 4.83. The lowest BCUT2D eigenvalue weighted by Gasteiger charge is -2.28. The maximum absolute atomic E-state index is 4.83. The first-order valence-electron chi connectivity index (χ1n) is 16.7. The van der Waals surface area contributed by atoms with Crippen molar-refractivity contribution in [3.8, 4) is 11.1 Å². The zero-order chi connectivity index (χ0) is 33.4. The minimum Gasteiger partial charge on any atom is -0.293 e. The maximum Gasteiger partial charge on any atom is 0.242 e. The first-order chi connectivity index (χ1) is 23.3. The molecule has 7 rings (SSSR count). The molecule has 1 aromatic heterocycles. The van der Waals surface area contributed by atoms with Gasteiger partial charge in [-0.3, -0.25) is 9.88 Å². The Bertz CT molecular complexity index is 2140. The van der Waals surface area contributed by atoms with E-state index in [9.17, 15) is 0 Å². The van der Waals surface area contributed by atoms with E-state index >= 15 is 0 Å². The number of hydrogen-bond acceptors (Lipinski definition) is 3. The van der Waals surface area contributed by atoms with Crippen LogP contribution in [0.4, 0.5) is 17.2 Å². The van der Waals surface area contributed by atoms with E-state index in [1.165, 1.54) is 60.5 Å². The number of hydrogen-bond donors (Lipinski definition) is 0. The lowest BCUT2D eigenvalue weighted by atomic mass is 9.34. The van der Waals surface area contributed by atoms with Crippen LogP contribution < -0.4 is 21.3 Å². The van der Waals surface area contributed by atoms with Gasteiger partial charge < -0.3 is 0 Å². The van der Waals surface area contributed by atoms with Gasteiger partial charge in [0.2, 0.25) is 6.71 Å². The minimum atomic E-state index is 0.103. The highest BCUT2D eigenvalue weighted by Gasteiger charge is 2.29. The summed E-state index contributed by atoms with van der Waals surface area (Å²) in [6.45, 7) is 13.5. The summed E-state index contributed by atoms with van der Waals surface area (Å²) in [5.41, 5.74) is 16.3. The Morgan fingerprint density at radius 2 is 1.08 bits per heavy atom. The van der Waals surface area contributed by atoms with Gasteiger partial charge in [-0.05, 0) is 82.1 Å². The molecule has 0 saturated heterocycles. The normalized spacial score (nSPS) is 11.1. The van der Waals surface area contributed by atoms with Crippen LogP contribution >= 0.6 is 0 Å². The van der Waals surface area contributed by atoms with Crippen LogP contribution in [0, 0.1) is 41.5 Å². The molecule has 0 aliphatic rings. The number of rotatable bonds is 7. The molecule has 0 atom stereocenters. The van der Waals surface area contributed by atoms with Gasteiger partial charge in [-0.2, -0.15) is 0 Å². The molecule has 234 valence electrons. The molecule has 0 amide bonds. The first kappa shape index (κ1) is 31.1. The van der Waals surface area contributed by atoms with E-state index in [1.54, 1.807) is 12.4 Å². The molecule has 3 nitrogen and oxygen atoms in total. The number of aryl methyl sites for hydroxylation is 6. The van der Waals surface area contributed by atoms with Crippen LogP contribution in [0.2, 0.25) is 0 Å². The van der Waals surface area contributed by atoms with Gasteiger partial charge in [-0.25, -0.2) is 4.98 Å². The zero-order valence-corrected chi connectivity index (χ0v) is 28.6. The van der Waals surface area contributed by atoms with Crippen LogP contribution in [-0.4, -0.2) is 16.7 Å². The van der Waals surface area contributed by atoms with Gasteiger partial charge in [0.15, 0.2) is 5.82 Å². The fourth-order valence-corrected chi connectivity index (χ4v) is 7.65. The fraction of sp³-hybridized carbons (Fsp3) is 0.136. The summed E-state index contributed by atoms with van der Waals surface area (Å²) in [6, 6.07) is 42.1. The van der Waals surface area contributed by atoms with Crippen molar-refractivity contribution in [1.82, 2.24) is 9.97 Å². The second kappa shape index (κ2) is 13.0. The van der Waals surface area contributed by atoms with Gasteiger partial charge in [0.25, 0.3) is 0 Å². The van der Waals surface area contributed by atoms with Crippen LogP contribution in [0.25, 0.3) is 21.9 Å². The van der Waals surface area contributed by atoms with E-state index in [1.807, 2.05) is 6.20 Å². The predicted octanol–water partition coefficient (Wildman–Crippen LogP) is 9.13. The van der Waals surface area contributed by atoms with Gasteiger partial charge in [0.1, 0.15) is 0 Å². The summed E-state index contributed by atoms with van der Waals surface area (Å²) in [5, 5.41) is 2.37. The Morgan fingerprint density at radius 3 is 1.62 bits per heavy atom. The lowest BCUT2D eigenvalue weighted by Crippen LogP contribution is -2.55. The monoisotopic (exact) mass is 621 g/mol. The second-order valence-electron chi connectivity index (χ2n) is 13.1. The zero-order valence-electron chi connectivity index (χ0n) is 28.6. The van der Waals surface area contributed by atoms with Crippen LogP contribution in [0.5, 0.6) is 0 Å². The Balaban J connectivity index is 1.44. The van der Waals surface area contributed by atoms with Gasteiger partial charge in [0, 0.05) is 23.6 Å². The highest BCUT2D eigenvalue weighted by atomic mass is 15.2. The average Bonchev–Trinajstić information content (AvgIpc) is 3.08. The SMILES string of the molecule is Cc1cc(C)c(B(c2ccc(N(c3cnccn3)c3cc4ccccc4cc3-c3ccccc3)cc2)c2c(C)cc(C)cc2C)c(C)c1. The molecule has 0 bridgehead atoms. The molecule has 0 fully saturated rings. The van der Waals surface area contributed by atoms with Crippen molar-refractivity contribution in [2.24, 2.45) is 0 Å². The van der Waals surface area contributed by atoms with E-state index in [-0.39, 0.29) is 6.71 Å². The van der Waals surface area contributed by atoms with Crippen molar-refractivity contribution >= 4 is 51.1 Å². The molecule has 0 unspecified atom stereocenters. The van der Waals surface area contributed by atoms with Gasteiger partial charge in [-0.1, -0.05) is 141 Å². The van der Waals surface area contributed by atoms with E-state index in [0.29, 0.717) is 0 Å². The molecule has 0 aliphatic heterocycles. The molecule has 0 aliphatic carbocycles. The highest BCUT2D eigenvalue weighted by Crippen LogP contribution is 2.41. The number of nitrogens with zero attached hydrogens (tertiary/aromatic N) is 3. The minimum absolute atomic E-state index is 0.103. The van der Waals surface area contributed by atoms with E-state index < -0.39 is 0 Å². The molecule has 0 N–H and O–H groups in total. The van der Waals surface area contributed by atoms with Crippen molar-refractivity contribution < 1.29 is 0 Å². The van der Waals surface area contributed by atoms with Crippen LogP contribution in [0.3, 0.4) is 0 Å². The van der Waals surface area contributed by atoms with Crippen molar-refractivity contribution in [3.05, 3.63) is 167 Å². The number of anilines is 3. The lowest BCUT2D eigenvalue weighted by molar-refractivity contribution is 1.13. The third-order valence-corrected chi connectivity index (χ3v) is 9.51. The van der Waals surface area contributed by atoms with E-state index in [2.05, 4.69) is 167 Å². The molecule has 4 heteroatoms. The van der Waals surface area contributed by atoms with Gasteiger partial charge in [-0.15, -0.1) is 0 Å².